The molecule has 0 radical (unpaired) electrons. The normalized spacial score (nSPS) is 14.2. The molecular formula is C31H34Br2N2O3. The van der Waals surface area contributed by atoms with Crippen molar-refractivity contribution < 1.29 is 14.3 Å². The first kappa shape index (κ1) is 28.4. The van der Waals surface area contributed by atoms with Crippen LogP contribution in [-0.2, 0) is 29.0 Å². The van der Waals surface area contributed by atoms with Crippen molar-refractivity contribution in [3.63, 3.8) is 0 Å². The minimum absolute atomic E-state index is 0.111. The molecule has 38 heavy (non-hydrogen) atoms. The van der Waals surface area contributed by atoms with E-state index in [1.54, 1.807) is 4.90 Å². The molecule has 1 aliphatic carbocycles. The predicted molar refractivity (Wildman–Crippen MR) is 158 cm³/mol. The summed E-state index contributed by atoms with van der Waals surface area (Å²) in [6.45, 7) is 2.24. The summed E-state index contributed by atoms with van der Waals surface area (Å²) in [6, 6.07) is 23.1. The Morgan fingerprint density at radius 3 is 2.29 bits per heavy atom. The third kappa shape index (κ3) is 7.93. The van der Waals surface area contributed by atoms with Gasteiger partial charge in [-0.25, -0.2) is 0 Å². The van der Waals surface area contributed by atoms with Crippen LogP contribution < -0.4 is 10.1 Å². The number of halogens is 2. The third-order valence-electron chi connectivity index (χ3n) is 6.99. The fourth-order valence-corrected chi connectivity index (χ4v) is 5.62. The van der Waals surface area contributed by atoms with Crippen molar-refractivity contribution in [1.82, 2.24) is 10.2 Å². The van der Waals surface area contributed by atoms with E-state index in [4.69, 9.17) is 4.74 Å². The summed E-state index contributed by atoms with van der Waals surface area (Å²) in [6.07, 6.45) is 5.54. The van der Waals surface area contributed by atoms with Gasteiger partial charge in [0.1, 0.15) is 11.8 Å². The molecule has 1 N–H and O–H groups in total. The molecule has 4 rings (SSSR count). The van der Waals surface area contributed by atoms with Gasteiger partial charge in [-0.1, -0.05) is 84.2 Å². The van der Waals surface area contributed by atoms with E-state index in [0.717, 1.165) is 52.2 Å². The minimum Gasteiger partial charge on any atom is -0.483 e. The van der Waals surface area contributed by atoms with Gasteiger partial charge in [0, 0.05) is 23.5 Å². The largest absolute Gasteiger partial charge is 0.483 e. The Balaban J connectivity index is 1.60. The molecule has 200 valence electrons. The van der Waals surface area contributed by atoms with Gasteiger partial charge in [0.05, 0.1) is 4.47 Å². The molecule has 1 aliphatic rings. The molecule has 1 atom stereocenters. The number of nitrogens with one attached hydrogen (secondary N) is 1. The van der Waals surface area contributed by atoms with Gasteiger partial charge >= 0.3 is 0 Å². The van der Waals surface area contributed by atoms with Crippen LogP contribution in [0.3, 0.4) is 0 Å². The summed E-state index contributed by atoms with van der Waals surface area (Å²) in [5.41, 5.74) is 3.13. The first-order valence-electron chi connectivity index (χ1n) is 13.2. The molecule has 0 bridgehead atoms. The van der Waals surface area contributed by atoms with Crippen LogP contribution in [0.1, 0.15) is 49.3 Å². The van der Waals surface area contributed by atoms with Crippen LogP contribution in [0.2, 0.25) is 0 Å². The summed E-state index contributed by atoms with van der Waals surface area (Å²) in [7, 11) is 0. The molecule has 0 spiro atoms. The van der Waals surface area contributed by atoms with Crippen molar-refractivity contribution in [1.29, 1.82) is 0 Å². The standard InChI is InChI=1S/C31H34Br2N2O3/c1-2-22-14-17-29(27(33)18-22)38-21-30(36)35(20-24-12-15-25(32)16-13-24)28(19-23-8-4-3-5-9-23)31(37)34-26-10-6-7-11-26/h3-5,8-9,12-18,26,28H,2,6-7,10-11,19-21H2,1H3,(H,34,37)/t28-/m0/s1. The fraction of sp³-hybridized carbons (Fsp3) is 0.355. The molecule has 3 aromatic carbocycles. The van der Waals surface area contributed by atoms with Crippen molar-refractivity contribution in [3.8, 4) is 5.75 Å². The Labute approximate surface area is 242 Å². The van der Waals surface area contributed by atoms with E-state index in [1.807, 2.05) is 72.8 Å². The van der Waals surface area contributed by atoms with Crippen molar-refractivity contribution in [2.45, 2.75) is 64.1 Å². The van der Waals surface area contributed by atoms with E-state index >= 15 is 0 Å². The van der Waals surface area contributed by atoms with Crippen LogP contribution in [-0.4, -0.2) is 35.4 Å². The number of carbonyl (C=O) groups excluding carboxylic acids is 2. The van der Waals surface area contributed by atoms with Crippen LogP contribution in [0.4, 0.5) is 0 Å². The smallest absolute Gasteiger partial charge is 0.261 e. The number of amides is 2. The zero-order valence-corrected chi connectivity index (χ0v) is 24.8. The fourth-order valence-electron chi connectivity index (χ4n) is 4.81. The van der Waals surface area contributed by atoms with E-state index in [2.05, 4.69) is 44.1 Å². The molecular weight excluding hydrogens is 608 g/mol. The van der Waals surface area contributed by atoms with Crippen LogP contribution in [0, 0.1) is 0 Å². The third-order valence-corrected chi connectivity index (χ3v) is 8.14. The molecule has 5 nitrogen and oxygen atoms in total. The Bertz CT molecular complexity index is 1210. The highest BCUT2D eigenvalue weighted by Crippen LogP contribution is 2.27. The monoisotopic (exact) mass is 640 g/mol. The Morgan fingerprint density at radius 1 is 0.947 bits per heavy atom. The molecule has 0 heterocycles. The lowest BCUT2D eigenvalue weighted by Crippen LogP contribution is -2.53. The number of ether oxygens (including phenoxy) is 1. The number of aryl methyl sites for hydroxylation is 1. The highest BCUT2D eigenvalue weighted by atomic mass is 79.9. The number of nitrogens with zero attached hydrogens (tertiary/aromatic N) is 1. The van der Waals surface area contributed by atoms with Crippen LogP contribution in [0.15, 0.2) is 81.7 Å². The van der Waals surface area contributed by atoms with Crippen molar-refractivity contribution in [2.24, 2.45) is 0 Å². The van der Waals surface area contributed by atoms with Gasteiger partial charge in [-0.3, -0.25) is 9.59 Å². The molecule has 0 aromatic heterocycles. The van der Waals surface area contributed by atoms with Crippen LogP contribution in [0.25, 0.3) is 0 Å². The summed E-state index contributed by atoms with van der Waals surface area (Å²) < 4.78 is 7.74. The van der Waals surface area contributed by atoms with Crippen molar-refractivity contribution >= 4 is 43.7 Å². The number of rotatable bonds is 11. The van der Waals surface area contributed by atoms with Gasteiger partial charge in [-0.15, -0.1) is 0 Å². The number of carbonyl (C=O) groups is 2. The topological polar surface area (TPSA) is 58.6 Å². The lowest BCUT2D eigenvalue weighted by Gasteiger charge is -2.32. The quantitative estimate of drug-likeness (QED) is 0.249. The second kappa shape index (κ2) is 13.9. The molecule has 1 saturated carbocycles. The summed E-state index contributed by atoms with van der Waals surface area (Å²) >= 11 is 7.05. The van der Waals surface area contributed by atoms with Crippen molar-refractivity contribution in [3.05, 3.63) is 98.4 Å². The predicted octanol–water partition coefficient (Wildman–Crippen LogP) is 6.85. The van der Waals surface area contributed by atoms with Gasteiger partial charge in [-0.05, 0) is 76.1 Å². The zero-order chi connectivity index (χ0) is 26.9. The van der Waals surface area contributed by atoms with E-state index in [0.29, 0.717) is 18.7 Å². The Kier molecular flexibility index (Phi) is 10.4. The van der Waals surface area contributed by atoms with E-state index < -0.39 is 6.04 Å². The Morgan fingerprint density at radius 2 is 1.63 bits per heavy atom. The SMILES string of the molecule is CCc1ccc(OCC(=O)N(Cc2ccc(Br)cc2)[C@@H](Cc2ccccc2)C(=O)NC2CCCC2)c(Br)c1. The van der Waals surface area contributed by atoms with E-state index in [9.17, 15) is 9.59 Å². The molecule has 2 amide bonds. The number of hydrogen-bond donors (Lipinski definition) is 1. The van der Waals surface area contributed by atoms with Gasteiger partial charge in [0.2, 0.25) is 5.91 Å². The highest BCUT2D eigenvalue weighted by molar-refractivity contribution is 9.10. The summed E-state index contributed by atoms with van der Waals surface area (Å²) in [4.78, 5) is 29.2. The number of benzene rings is 3. The molecule has 7 heteroatoms. The maximum absolute atomic E-state index is 13.8. The lowest BCUT2D eigenvalue weighted by molar-refractivity contribution is -0.143. The van der Waals surface area contributed by atoms with Crippen LogP contribution >= 0.6 is 31.9 Å². The van der Waals surface area contributed by atoms with Gasteiger partial charge in [0.15, 0.2) is 6.61 Å². The van der Waals surface area contributed by atoms with Gasteiger partial charge < -0.3 is 15.0 Å². The van der Waals surface area contributed by atoms with E-state index in [1.165, 1.54) is 5.56 Å². The molecule has 0 unspecified atom stereocenters. The first-order chi connectivity index (χ1) is 18.4. The molecule has 1 fully saturated rings. The molecule has 0 aliphatic heterocycles. The second-order valence-corrected chi connectivity index (χ2v) is 11.5. The van der Waals surface area contributed by atoms with E-state index in [-0.39, 0.29) is 24.5 Å². The first-order valence-corrected chi connectivity index (χ1v) is 14.8. The van der Waals surface area contributed by atoms with Crippen LogP contribution in [0.5, 0.6) is 5.75 Å². The summed E-state index contributed by atoms with van der Waals surface area (Å²) in [5, 5.41) is 3.24. The van der Waals surface area contributed by atoms with Gasteiger partial charge in [-0.2, -0.15) is 0 Å². The highest BCUT2D eigenvalue weighted by Gasteiger charge is 2.32. The maximum Gasteiger partial charge on any atom is 0.261 e. The second-order valence-electron chi connectivity index (χ2n) is 9.75. The average molecular weight is 642 g/mol. The average Bonchev–Trinajstić information content (AvgIpc) is 3.44. The zero-order valence-electron chi connectivity index (χ0n) is 21.7. The Hall–Kier alpha value is -2.64. The van der Waals surface area contributed by atoms with Crippen molar-refractivity contribution in [2.75, 3.05) is 6.61 Å². The number of hydrogen-bond acceptors (Lipinski definition) is 3. The molecule has 3 aromatic rings. The minimum atomic E-state index is -0.663. The maximum atomic E-state index is 13.8. The molecule has 0 saturated heterocycles. The van der Waals surface area contributed by atoms with Gasteiger partial charge in [0.25, 0.3) is 5.91 Å². The lowest BCUT2D eigenvalue weighted by atomic mass is 10.0. The summed E-state index contributed by atoms with van der Waals surface area (Å²) in [5.74, 6) is 0.260.